The number of hydrogen-bond donors (Lipinski definition) is 1. The van der Waals surface area contributed by atoms with Gasteiger partial charge in [0.1, 0.15) is 0 Å². The van der Waals surface area contributed by atoms with E-state index in [0.29, 0.717) is 17.9 Å². The first-order valence-electron chi connectivity index (χ1n) is 6.47. The normalized spacial score (nSPS) is 30.9. The van der Waals surface area contributed by atoms with Crippen molar-refractivity contribution >= 4 is 5.91 Å². The maximum absolute atomic E-state index is 11.6. The minimum Gasteiger partial charge on any atom is -0.350 e. The lowest BCUT2D eigenvalue weighted by atomic mass is 9.74. The van der Waals surface area contributed by atoms with Gasteiger partial charge < -0.3 is 5.32 Å². The Morgan fingerprint density at radius 3 is 2.62 bits per heavy atom. The zero-order valence-corrected chi connectivity index (χ0v) is 11.0. The zero-order valence-electron chi connectivity index (χ0n) is 11.0. The lowest BCUT2D eigenvalue weighted by Crippen LogP contribution is -2.45. The third-order valence-electron chi connectivity index (χ3n) is 3.67. The molecule has 0 saturated heterocycles. The first-order valence-corrected chi connectivity index (χ1v) is 6.47. The lowest BCUT2D eigenvalue weighted by molar-refractivity contribution is -0.118. The van der Waals surface area contributed by atoms with Gasteiger partial charge in [-0.05, 0) is 43.6 Å². The van der Waals surface area contributed by atoms with Gasteiger partial charge >= 0.3 is 0 Å². The smallest absolute Gasteiger partial charge is 0.243 e. The second-order valence-corrected chi connectivity index (χ2v) is 5.44. The van der Waals surface area contributed by atoms with Gasteiger partial charge in [-0.15, -0.1) is 0 Å². The maximum Gasteiger partial charge on any atom is 0.243 e. The van der Waals surface area contributed by atoms with Crippen molar-refractivity contribution in [2.24, 2.45) is 17.8 Å². The van der Waals surface area contributed by atoms with Gasteiger partial charge in [0, 0.05) is 6.04 Å². The number of nitrogens with one attached hydrogen (secondary N) is 1. The van der Waals surface area contributed by atoms with Crippen LogP contribution in [0.5, 0.6) is 0 Å². The number of rotatable bonds is 3. The molecule has 0 spiro atoms. The zero-order chi connectivity index (χ0) is 12.1. The molecule has 16 heavy (non-hydrogen) atoms. The predicted molar refractivity (Wildman–Crippen MR) is 68.1 cm³/mol. The second-order valence-electron chi connectivity index (χ2n) is 5.44. The first kappa shape index (κ1) is 13.3. The van der Waals surface area contributed by atoms with Crippen molar-refractivity contribution in [3.63, 3.8) is 0 Å². The standard InChI is InChI=1S/C14H25NO/c1-5-6-14(16)15-13-9-11(4)7-8-12(13)10(2)3/h5-6,10-13H,7-9H2,1-4H3,(H,15,16). The average molecular weight is 223 g/mol. The van der Waals surface area contributed by atoms with Gasteiger partial charge in [0.15, 0.2) is 0 Å². The van der Waals surface area contributed by atoms with Crippen molar-refractivity contribution in [2.75, 3.05) is 0 Å². The summed E-state index contributed by atoms with van der Waals surface area (Å²) in [6.07, 6.45) is 7.10. The van der Waals surface area contributed by atoms with Crippen LogP contribution in [0.15, 0.2) is 12.2 Å². The van der Waals surface area contributed by atoms with E-state index in [9.17, 15) is 4.79 Å². The number of amides is 1. The summed E-state index contributed by atoms with van der Waals surface area (Å²) in [5, 5.41) is 3.16. The molecule has 0 aliphatic heterocycles. The molecule has 1 fully saturated rings. The van der Waals surface area contributed by atoms with Crippen LogP contribution in [0.25, 0.3) is 0 Å². The summed E-state index contributed by atoms with van der Waals surface area (Å²) in [4.78, 5) is 11.6. The van der Waals surface area contributed by atoms with E-state index in [1.54, 1.807) is 12.2 Å². The Morgan fingerprint density at radius 2 is 2.06 bits per heavy atom. The molecule has 0 aromatic heterocycles. The fraction of sp³-hybridized carbons (Fsp3) is 0.786. The van der Waals surface area contributed by atoms with E-state index >= 15 is 0 Å². The minimum absolute atomic E-state index is 0.0623. The predicted octanol–water partition coefficient (Wildman–Crippen LogP) is 3.14. The molecule has 1 saturated carbocycles. The van der Waals surface area contributed by atoms with Crippen LogP contribution in [0.3, 0.4) is 0 Å². The van der Waals surface area contributed by atoms with Crippen LogP contribution in [0.1, 0.15) is 47.0 Å². The molecule has 2 nitrogen and oxygen atoms in total. The molecule has 1 amide bonds. The first-order chi connectivity index (χ1) is 7.54. The summed E-state index contributed by atoms with van der Waals surface area (Å²) in [7, 11) is 0. The van der Waals surface area contributed by atoms with Crippen molar-refractivity contribution in [1.29, 1.82) is 0 Å². The fourth-order valence-electron chi connectivity index (χ4n) is 2.75. The van der Waals surface area contributed by atoms with Crippen LogP contribution < -0.4 is 5.32 Å². The second kappa shape index (κ2) is 6.07. The van der Waals surface area contributed by atoms with Crippen LogP contribution >= 0.6 is 0 Å². The molecule has 3 unspecified atom stereocenters. The molecule has 2 heteroatoms. The highest BCUT2D eigenvalue weighted by Gasteiger charge is 2.31. The molecule has 1 rings (SSSR count). The monoisotopic (exact) mass is 223 g/mol. The third-order valence-corrected chi connectivity index (χ3v) is 3.67. The van der Waals surface area contributed by atoms with Gasteiger partial charge in [0.2, 0.25) is 5.91 Å². The Balaban J connectivity index is 2.60. The van der Waals surface area contributed by atoms with Crippen molar-refractivity contribution in [3.05, 3.63) is 12.2 Å². The molecule has 0 bridgehead atoms. The Bertz CT molecular complexity index is 257. The lowest BCUT2D eigenvalue weighted by Gasteiger charge is -2.37. The summed E-state index contributed by atoms with van der Waals surface area (Å²) in [6.45, 7) is 8.68. The van der Waals surface area contributed by atoms with Gasteiger partial charge in [-0.2, -0.15) is 0 Å². The Labute approximate surface area is 99.5 Å². The van der Waals surface area contributed by atoms with E-state index in [2.05, 4.69) is 26.1 Å². The molecule has 3 atom stereocenters. The molecule has 0 radical (unpaired) electrons. The van der Waals surface area contributed by atoms with E-state index in [1.807, 2.05) is 6.92 Å². The summed E-state index contributed by atoms with van der Waals surface area (Å²) in [5.41, 5.74) is 0. The van der Waals surface area contributed by atoms with Crippen LogP contribution in [0, 0.1) is 17.8 Å². The highest BCUT2D eigenvalue weighted by atomic mass is 16.1. The molecule has 0 heterocycles. The Kier molecular flexibility index (Phi) is 5.04. The number of allylic oxidation sites excluding steroid dienone is 1. The highest BCUT2D eigenvalue weighted by Crippen LogP contribution is 2.33. The van der Waals surface area contributed by atoms with Crippen LogP contribution in [0.2, 0.25) is 0 Å². The van der Waals surface area contributed by atoms with Gasteiger partial charge in [-0.25, -0.2) is 0 Å². The van der Waals surface area contributed by atoms with Gasteiger partial charge in [-0.3, -0.25) is 4.79 Å². The maximum atomic E-state index is 11.6. The largest absolute Gasteiger partial charge is 0.350 e. The highest BCUT2D eigenvalue weighted by molar-refractivity contribution is 5.87. The third kappa shape index (κ3) is 3.66. The van der Waals surface area contributed by atoms with Crippen LogP contribution in [-0.2, 0) is 4.79 Å². The van der Waals surface area contributed by atoms with E-state index in [1.165, 1.54) is 12.8 Å². The molecule has 1 N–H and O–H groups in total. The minimum atomic E-state index is 0.0623. The van der Waals surface area contributed by atoms with Gasteiger partial charge in [0.25, 0.3) is 0 Å². The summed E-state index contributed by atoms with van der Waals surface area (Å²) in [5.74, 6) is 2.10. The SMILES string of the molecule is CC=CC(=O)NC1CC(C)CCC1C(C)C. The number of carbonyl (C=O) groups excluding carboxylic acids is 1. The average Bonchev–Trinajstić information content (AvgIpc) is 2.17. The van der Waals surface area contributed by atoms with Crippen molar-refractivity contribution < 1.29 is 4.79 Å². The number of hydrogen-bond acceptors (Lipinski definition) is 1. The number of carbonyl (C=O) groups is 1. The van der Waals surface area contributed by atoms with E-state index in [-0.39, 0.29) is 5.91 Å². The van der Waals surface area contributed by atoms with E-state index < -0.39 is 0 Å². The molecule has 1 aliphatic rings. The molecule has 1 aliphatic carbocycles. The molecular formula is C14H25NO. The van der Waals surface area contributed by atoms with Crippen molar-refractivity contribution in [2.45, 2.75) is 53.0 Å². The Hall–Kier alpha value is -0.790. The molecule has 92 valence electrons. The van der Waals surface area contributed by atoms with Gasteiger partial charge in [0.05, 0.1) is 0 Å². The van der Waals surface area contributed by atoms with Crippen LogP contribution in [0.4, 0.5) is 0 Å². The quantitative estimate of drug-likeness (QED) is 0.732. The van der Waals surface area contributed by atoms with Crippen molar-refractivity contribution in [1.82, 2.24) is 5.32 Å². The Morgan fingerprint density at radius 1 is 1.38 bits per heavy atom. The van der Waals surface area contributed by atoms with Gasteiger partial charge in [-0.1, -0.05) is 33.3 Å². The molecule has 0 aromatic carbocycles. The summed E-state index contributed by atoms with van der Waals surface area (Å²) < 4.78 is 0. The van der Waals surface area contributed by atoms with E-state index in [4.69, 9.17) is 0 Å². The topological polar surface area (TPSA) is 29.1 Å². The molecular weight excluding hydrogens is 198 g/mol. The van der Waals surface area contributed by atoms with Crippen molar-refractivity contribution in [3.8, 4) is 0 Å². The van der Waals surface area contributed by atoms with Crippen LogP contribution in [-0.4, -0.2) is 11.9 Å². The fourth-order valence-corrected chi connectivity index (χ4v) is 2.75. The molecule has 0 aromatic rings. The summed E-state index contributed by atoms with van der Waals surface area (Å²) in [6, 6.07) is 0.368. The van der Waals surface area contributed by atoms with E-state index in [0.717, 1.165) is 12.3 Å². The summed E-state index contributed by atoms with van der Waals surface area (Å²) >= 11 is 0.